The van der Waals surface area contributed by atoms with E-state index in [1.807, 2.05) is 12.1 Å². The molecule has 5 aromatic rings. The van der Waals surface area contributed by atoms with Crippen LogP contribution < -0.4 is 11.1 Å². The minimum atomic E-state index is -1.00. The molecule has 9 heteroatoms. The third-order valence-electron chi connectivity index (χ3n) is 5.33. The molecule has 1 amide bonds. The molecule has 0 aliphatic rings. The molecule has 0 aliphatic carbocycles. The largest absolute Gasteiger partial charge is 0.383 e. The van der Waals surface area contributed by atoms with E-state index in [1.54, 1.807) is 42.9 Å². The SMILES string of the molecule is CC(=O)Nc1ccc(-c2cnc(N)c(-c3nc4cnccc4n3-c3cccc(F)c3F)c2)cc1. The zero-order chi connectivity index (χ0) is 23.8. The zero-order valence-electron chi connectivity index (χ0n) is 18.0. The number of anilines is 2. The van der Waals surface area contributed by atoms with Crippen molar-refractivity contribution in [2.24, 2.45) is 0 Å². The number of imidazole rings is 1. The predicted molar refractivity (Wildman–Crippen MR) is 126 cm³/mol. The number of carbonyl (C=O) groups excluding carboxylic acids is 1. The third kappa shape index (κ3) is 3.73. The molecule has 0 spiro atoms. The van der Waals surface area contributed by atoms with Crippen LogP contribution in [0.4, 0.5) is 20.3 Å². The summed E-state index contributed by atoms with van der Waals surface area (Å²) in [6.45, 7) is 1.44. The summed E-state index contributed by atoms with van der Waals surface area (Å²) in [5, 5.41) is 2.72. The second-order valence-corrected chi connectivity index (χ2v) is 7.62. The molecule has 0 fully saturated rings. The molecule has 3 heterocycles. The van der Waals surface area contributed by atoms with Crippen LogP contribution in [-0.2, 0) is 4.79 Å². The number of benzene rings is 2. The first-order valence-electron chi connectivity index (χ1n) is 10.3. The highest BCUT2D eigenvalue weighted by Gasteiger charge is 2.21. The van der Waals surface area contributed by atoms with E-state index >= 15 is 0 Å². The number of nitrogens with zero attached hydrogens (tertiary/aromatic N) is 4. The average Bonchev–Trinajstić information content (AvgIpc) is 3.20. The van der Waals surface area contributed by atoms with Crippen molar-refractivity contribution in [2.75, 3.05) is 11.1 Å². The Balaban J connectivity index is 1.69. The first-order chi connectivity index (χ1) is 16.4. The van der Waals surface area contributed by atoms with Gasteiger partial charge in [0.05, 0.1) is 23.0 Å². The Hall–Kier alpha value is -4.66. The van der Waals surface area contributed by atoms with Crippen molar-refractivity contribution in [2.45, 2.75) is 6.92 Å². The molecule has 34 heavy (non-hydrogen) atoms. The Morgan fingerprint density at radius 2 is 1.82 bits per heavy atom. The van der Waals surface area contributed by atoms with Crippen molar-refractivity contribution in [3.63, 3.8) is 0 Å². The standard InChI is InChI=1S/C25H18F2N6O/c1-14(34)31-17-7-5-15(6-8-17)16-11-18(24(28)30-12-16)25-32-20-13-29-10-9-21(20)33(25)22-4-2-3-19(26)23(22)27/h2-13H,1H3,(H2,28,30)(H,31,34). The number of nitrogen functional groups attached to an aromatic ring is 1. The van der Waals surface area contributed by atoms with Gasteiger partial charge in [0.25, 0.3) is 0 Å². The van der Waals surface area contributed by atoms with Gasteiger partial charge < -0.3 is 11.1 Å². The number of nitrogens with one attached hydrogen (secondary N) is 1. The van der Waals surface area contributed by atoms with Gasteiger partial charge in [-0.25, -0.2) is 18.7 Å². The van der Waals surface area contributed by atoms with Crippen LogP contribution in [0.1, 0.15) is 6.92 Å². The van der Waals surface area contributed by atoms with Gasteiger partial charge in [-0.2, -0.15) is 0 Å². The monoisotopic (exact) mass is 456 g/mol. The average molecular weight is 456 g/mol. The maximum Gasteiger partial charge on any atom is 0.221 e. The van der Waals surface area contributed by atoms with E-state index in [4.69, 9.17) is 5.73 Å². The summed E-state index contributed by atoms with van der Waals surface area (Å²) < 4.78 is 30.4. The maximum atomic E-state index is 14.8. The third-order valence-corrected chi connectivity index (χ3v) is 5.33. The van der Waals surface area contributed by atoms with Gasteiger partial charge in [0, 0.05) is 30.6 Å². The number of nitrogens with two attached hydrogens (primary N) is 1. The van der Waals surface area contributed by atoms with Crippen molar-refractivity contribution < 1.29 is 13.6 Å². The highest BCUT2D eigenvalue weighted by atomic mass is 19.2. The number of fused-ring (bicyclic) bond motifs is 1. The summed E-state index contributed by atoms with van der Waals surface area (Å²) in [6.07, 6.45) is 4.71. The molecule has 3 aromatic heterocycles. The van der Waals surface area contributed by atoms with Gasteiger partial charge in [-0.05, 0) is 42.0 Å². The van der Waals surface area contributed by atoms with E-state index in [-0.39, 0.29) is 17.4 Å². The van der Waals surface area contributed by atoms with Crippen LogP contribution in [-0.4, -0.2) is 25.4 Å². The van der Waals surface area contributed by atoms with Crippen LogP contribution in [0.25, 0.3) is 39.2 Å². The highest BCUT2D eigenvalue weighted by molar-refractivity contribution is 5.89. The van der Waals surface area contributed by atoms with E-state index in [0.717, 1.165) is 17.2 Å². The summed E-state index contributed by atoms with van der Waals surface area (Å²) in [4.78, 5) is 24.3. The number of rotatable bonds is 4. The quantitative estimate of drug-likeness (QED) is 0.398. The normalized spacial score (nSPS) is 11.0. The van der Waals surface area contributed by atoms with Crippen LogP contribution in [0.2, 0.25) is 0 Å². The summed E-state index contributed by atoms with van der Waals surface area (Å²) in [5.41, 5.74) is 9.91. The zero-order valence-corrected chi connectivity index (χ0v) is 18.0. The number of carbonyl (C=O) groups is 1. The lowest BCUT2D eigenvalue weighted by Crippen LogP contribution is -2.05. The molecule has 0 saturated heterocycles. The molecule has 0 radical (unpaired) electrons. The number of hydrogen-bond acceptors (Lipinski definition) is 5. The summed E-state index contributed by atoms with van der Waals surface area (Å²) in [6, 6.07) is 14.6. The summed E-state index contributed by atoms with van der Waals surface area (Å²) in [5.74, 6) is -1.66. The van der Waals surface area contributed by atoms with E-state index in [0.29, 0.717) is 28.1 Å². The molecule has 0 unspecified atom stereocenters. The Labute approximate surface area is 192 Å². The van der Waals surface area contributed by atoms with E-state index in [9.17, 15) is 13.6 Å². The van der Waals surface area contributed by atoms with Crippen molar-refractivity contribution in [1.29, 1.82) is 0 Å². The molecule has 3 N–H and O–H groups in total. The van der Waals surface area contributed by atoms with Gasteiger partial charge in [0.2, 0.25) is 5.91 Å². The molecule has 7 nitrogen and oxygen atoms in total. The van der Waals surface area contributed by atoms with Crippen molar-refractivity contribution in [3.05, 3.63) is 84.8 Å². The summed E-state index contributed by atoms with van der Waals surface area (Å²) in [7, 11) is 0. The van der Waals surface area contributed by atoms with E-state index in [1.165, 1.54) is 23.6 Å². The maximum absolute atomic E-state index is 14.8. The Kier molecular flexibility index (Phi) is 5.21. The van der Waals surface area contributed by atoms with Gasteiger partial charge in [-0.3, -0.25) is 14.3 Å². The number of aromatic nitrogens is 4. The predicted octanol–water partition coefficient (Wildman–Crippen LogP) is 4.97. The lowest BCUT2D eigenvalue weighted by atomic mass is 10.0. The van der Waals surface area contributed by atoms with Crippen LogP contribution in [0.15, 0.2) is 73.2 Å². The minimum Gasteiger partial charge on any atom is -0.383 e. The molecule has 5 rings (SSSR count). The number of amides is 1. The van der Waals surface area contributed by atoms with Crippen LogP contribution in [0.5, 0.6) is 0 Å². The number of halogens is 2. The van der Waals surface area contributed by atoms with Gasteiger partial charge in [0.15, 0.2) is 11.6 Å². The topological polar surface area (TPSA) is 98.7 Å². The first-order valence-corrected chi connectivity index (χ1v) is 10.3. The van der Waals surface area contributed by atoms with Crippen molar-refractivity contribution in [1.82, 2.24) is 19.5 Å². The molecule has 0 bridgehead atoms. The second-order valence-electron chi connectivity index (χ2n) is 7.62. The van der Waals surface area contributed by atoms with Crippen LogP contribution >= 0.6 is 0 Å². The molecular formula is C25H18F2N6O. The molecular weight excluding hydrogens is 438 g/mol. The fourth-order valence-electron chi connectivity index (χ4n) is 3.78. The van der Waals surface area contributed by atoms with Crippen molar-refractivity contribution >= 4 is 28.4 Å². The van der Waals surface area contributed by atoms with Crippen molar-refractivity contribution in [3.8, 4) is 28.2 Å². The molecule has 168 valence electrons. The minimum absolute atomic E-state index is 0.00633. The Bertz CT molecular complexity index is 1550. The van der Waals surface area contributed by atoms with Crippen LogP contribution in [0.3, 0.4) is 0 Å². The van der Waals surface area contributed by atoms with Gasteiger partial charge in [0.1, 0.15) is 17.2 Å². The fraction of sp³-hybridized carbons (Fsp3) is 0.0400. The Morgan fingerprint density at radius 1 is 1.03 bits per heavy atom. The summed E-state index contributed by atoms with van der Waals surface area (Å²) >= 11 is 0. The van der Waals surface area contributed by atoms with Gasteiger partial charge in [-0.1, -0.05) is 18.2 Å². The first kappa shape index (κ1) is 21.2. The van der Waals surface area contributed by atoms with Gasteiger partial charge >= 0.3 is 0 Å². The molecule has 0 aliphatic heterocycles. The lowest BCUT2D eigenvalue weighted by Gasteiger charge is -2.13. The van der Waals surface area contributed by atoms with E-state index < -0.39 is 11.6 Å². The van der Waals surface area contributed by atoms with Gasteiger partial charge in [-0.15, -0.1) is 0 Å². The molecule has 0 atom stereocenters. The number of pyridine rings is 2. The number of hydrogen-bond donors (Lipinski definition) is 2. The smallest absolute Gasteiger partial charge is 0.221 e. The molecule has 2 aromatic carbocycles. The van der Waals surface area contributed by atoms with E-state index in [2.05, 4.69) is 20.3 Å². The fourth-order valence-corrected chi connectivity index (χ4v) is 3.78. The van der Waals surface area contributed by atoms with Crippen LogP contribution in [0, 0.1) is 11.6 Å². The molecule has 0 saturated carbocycles. The highest BCUT2D eigenvalue weighted by Crippen LogP contribution is 2.34. The second kappa shape index (κ2) is 8.36. The lowest BCUT2D eigenvalue weighted by molar-refractivity contribution is -0.114. The Morgan fingerprint density at radius 3 is 2.59 bits per heavy atom.